The van der Waals surface area contributed by atoms with Crippen LogP contribution in [0.25, 0.3) is 0 Å². The van der Waals surface area contributed by atoms with Crippen LogP contribution in [0, 0.1) is 11.3 Å². The van der Waals surface area contributed by atoms with E-state index in [1.165, 1.54) is 29.2 Å². The molecule has 3 nitrogen and oxygen atoms in total. The molecule has 1 N–H and O–H groups in total. The molecule has 0 bridgehead atoms. The first-order chi connectivity index (χ1) is 9.02. The van der Waals surface area contributed by atoms with Crippen LogP contribution in [0.1, 0.15) is 17.2 Å². The van der Waals surface area contributed by atoms with Crippen molar-refractivity contribution in [2.45, 2.75) is 12.2 Å². The topological polar surface area (TPSA) is 39.1 Å². The van der Waals surface area contributed by atoms with Crippen molar-refractivity contribution in [2.24, 2.45) is 0 Å². The second-order valence-electron chi connectivity index (χ2n) is 4.46. The molecule has 1 aromatic rings. The highest BCUT2D eigenvalue weighted by Gasteiger charge is 2.44. The third kappa shape index (κ3) is 5.04. The number of rotatable bonds is 2. The van der Waals surface area contributed by atoms with E-state index in [4.69, 9.17) is 5.26 Å². The first-order valence-corrected chi connectivity index (χ1v) is 6.04. The Labute approximate surface area is 133 Å². The summed E-state index contributed by atoms with van der Waals surface area (Å²) in [6.45, 7) is 1.85. The molecular weight excluding hydrogens is 326 g/mol. The lowest BCUT2D eigenvalue weighted by Gasteiger charge is -2.36. The summed E-state index contributed by atoms with van der Waals surface area (Å²) in [6, 6.07) is 5.94. The van der Waals surface area contributed by atoms with E-state index in [1.807, 2.05) is 6.07 Å². The Kier molecular flexibility index (Phi) is 8.04. The Bertz CT molecular complexity index is 465. The minimum Gasteiger partial charge on any atom is -0.314 e. The molecule has 1 saturated heterocycles. The van der Waals surface area contributed by atoms with Gasteiger partial charge in [0.25, 0.3) is 0 Å². The fourth-order valence-electron chi connectivity index (χ4n) is 2.29. The van der Waals surface area contributed by atoms with Crippen molar-refractivity contribution >= 4 is 24.8 Å². The average Bonchev–Trinajstić information content (AvgIpc) is 2.39. The van der Waals surface area contributed by atoms with Crippen LogP contribution in [0.2, 0.25) is 0 Å². The molecule has 21 heavy (non-hydrogen) atoms. The lowest BCUT2D eigenvalue weighted by atomic mass is 10.0. The zero-order valence-corrected chi connectivity index (χ0v) is 12.7. The predicted octanol–water partition coefficient (Wildman–Crippen LogP) is 2.91. The van der Waals surface area contributed by atoms with Gasteiger partial charge in [-0.05, 0) is 17.7 Å². The lowest BCUT2D eigenvalue weighted by molar-refractivity contribution is -0.187. The molecule has 0 spiro atoms. The van der Waals surface area contributed by atoms with Crippen molar-refractivity contribution in [1.29, 1.82) is 5.26 Å². The molecule has 0 aromatic heterocycles. The highest BCUT2D eigenvalue weighted by Crippen LogP contribution is 2.37. The van der Waals surface area contributed by atoms with Crippen LogP contribution in [-0.4, -0.2) is 37.3 Å². The fourth-order valence-corrected chi connectivity index (χ4v) is 2.29. The smallest absolute Gasteiger partial charge is 0.314 e. The lowest BCUT2D eigenvalue weighted by Crippen LogP contribution is -2.49. The van der Waals surface area contributed by atoms with Crippen LogP contribution in [0.3, 0.4) is 0 Å². The summed E-state index contributed by atoms with van der Waals surface area (Å²) >= 11 is 0. The Hall–Kier alpha value is -1.00. The third-order valence-electron chi connectivity index (χ3n) is 3.18. The van der Waals surface area contributed by atoms with Gasteiger partial charge in [0, 0.05) is 26.2 Å². The van der Waals surface area contributed by atoms with Gasteiger partial charge in [-0.25, -0.2) is 0 Å². The molecule has 1 aliphatic heterocycles. The number of nitriles is 1. The molecule has 8 heteroatoms. The molecule has 0 unspecified atom stereocenters. The number of benzene rings is 1. The second kappa shape index (κ2) is 8.44. The molecule has 1 atom stereocenters. The molecule has 118 valence electrons. The molecule has 1 heterocycles. The van der Waals surface area contributed by atoms with E-state index in [0.29, 0.717) is 31.7 Å². The van der Waals surface area contributed by atoms with Crippen LogP contribution < -0.4 is 5.32 Å². The standard InChI is InChI=1S/C13H14F3N3.2ClH/c14-13(15,16)12(19-7-5-18-6-8-19)11-3-1-10(9-17)2-4-11;;/h1-4,12,18H,5-8H2;2*1H/t12-;;/m1../s1. The summed E-state index contributed by atoms with van der Waals surface area (Å²) in [4.78, 5) is 1.43. The number of hydrogen-bond donors (Lipinski definition) is 1. The van der Waals surface area contributed by atoms with Gasteiger partial charge < -0.3 is 5.32 Å². The number of nitrogens with one attached hydrogen (secondary N) is 1. The highest BCUT2D eigenvalue weighted by atomic mass is 35.5. The van der Waals surface area contributed by atoms with Crippen LogP contribution in [0.5, 0.6) is 0 Å². The van der Waals surface area contributed by atoms with Crippen molar-refractivity contribution in [1.82, 2.24) is 10.2 Å². The molecule has 0 amide bonds. The minimum atomic E-state index is -4.31. The van der Waals surface area contributed by atoms with Gasteiger partial charge in [-0.1, -0.05) is 12.1 Å². The average molecular weight is 342 g/mol. The molecule has 1 aromatic carbocycles. The Morgan fingerprint density at radius 1 is 1.10 bits per heavy atom. The van der Waals surface area contributed by atoms with Crippen molar-refractivity contribution in [2.75, 3.05) is 26.2 Å². The maximum absolute atomic E-state index is 13.2. The number of alkyl halides is 3. The van der Waals surface area contributed by atoms with Crippen molar-refractivity contribution in [3.8, 4) is 6.07 Å². The SMILES string of the molecule is Cl.Cl.N#Cc1ccc([C@@H](N2CCNCC2)C(F)(F)F)cc1. The maximum atomic E-state index is 13.2. The van der Waals surface area contributed by atoms with Crippen LogP contribution in [0.15, 0.2) is 24.3 Å². The summed E-state index contributed by atoms with van der Waals surface area (Å²) in [5.74, 6) is 0. The monoisotopic (exact) mass is 341 g/mol. The van der Waals surface area contributed by atoms with Crippen molar-refractivity contribution in [3.05, 3.63) is 35.4 Å². The maximum Gasteiger partial charge on any atom is 0.408 e. The van der Waals surface area contributed by atoms with E-state index in [1.54, 1.807) is 0 Å². The molecule has 1 aliphatic rings. The summed E-state index contributed by atoms with van der Waals surface area (Å²) in [5.41, 5.74) is 0.554. The molecule has 0 radical (unpaired) electrons. The number of hydrogen-bond acceptors (Lipinski definition) is 3. The van der Waals surface area contributed by atoms with E-state index in [-0.39, 0.29) is 30.4 Å². The largest absolute Gasteiger partial charge is 0.408 e. The second-order valence-corrected chi connectivity index (χ2v) is 4.46. The van der Waals surface area contributed by atoms with Gasteiger partial charge in [0.05, 0.1) is 11.6 Å². The van der Waals surface area contributed by atoms with E-state index in [9.17, 15) is 13.2 Å². The zero-order chi connectivity index (χ0) is 13.9. The Morgan fingerprint density at radius 2 is 1.62 bits per heavy atom. The molecule has 2 rings (SSSR count). The van der Waals surface area contributed by atoms with E-state index in [0.717, 1.165) is 0 Å². The number of halogens is 5. The molecule has 1 fully saturated rings. The van der Waals surface area contributed by atoms with Gasteiger partial charge in [-0.2, -0.15) is 18.4 Å². The minimum absolute atomic E-state index is 0. The molecule has 0 aliphatic carbocycles. The first kappa shape index (κ1) is 20.0. The summed E-state index contributed by atoms with van der Waals surface area (Å²) in [6.07, 6.45) is -4.31. The normalized spacial score (nSPS) is 17.0. The highest BCUT2D eigenvalue weighted by molar-refractivity contribution is 5.85. The van der Waals surface area contributed by atoms with E-state index < -0.39 is 12.2 Å². The van der Waals surface area contributed by atoms with Gasteiger partial charge in [0.1, 0.15) is 6.04 Å². The Morgan fingerprint density at radius 3 is 2.05 bits per heavy atom. The van der Waals surface area contributed by atoms with Gasteiger partial charge in [0.15, 0.2) is 0 Å². The van der Waals surface area contributed by atoms with E-state index in [2.05, 4.69) is 5.32 Å². The quantitative estimate of drug-likeness (QED) is 0.898. The first-order valence-electron chi connectivity index (χ1n) is 6.04. The summed E-state index contributed by atoms with van der Waals surface area (Å²) in [5, 5.41) is 11.7. The number of nitrogens with zero attached hydrogens (tertiary/aromatic N) is 2. The van der Waals surface area contributed by atoms with Crippen LogP contribution in [0.4, 0.5) is 13.2 Å². The van der Waals surface area contributed by atoms with Crippen LogP contribution >= 0.6 is 24.8 Å². The predicted molar refractivity (Wildman–Crippen MR) is 78.9 cm³/mol. The van der Waals surface area contributed by atoms with Gasteiger partial charge >= 0.3 is 6.18 Å². The summed E-state index contributed by atoms with van der Waals surface area (Å²) < 4.78 is 39.7. The van der Waals surface area contributed by atoms with Crippen molar-refractivity contribution < 1.29 is 13.2 Å². The molecule has 0 saturated carbocycles. The van der Waals surface area contributed by atoms with E-state index >= 15 is 0 Å². The summed E-state index contributed by atoms with van der Waals surface area (Å²) in [7, 11) is 0. The van der Waals surface area contributed by atoms with Crippen LogP contribution in [-0.2, 0) is 0 Å². The van der Waals surface area contributed by atoms with Gasteiger partial charge in [-0.3, -0.25) is 4.90 Å². The third-order valence-corrected chi connectivity index (χ3v) is 3.18. The fraction of sp³-hybridized carbons (Fsp3) is 0.462. The Balaban J connectivity index is 0.00000200. The molecular formula is C13H16Cl2F3N3. The zero-order valence-electron chi connectivity index (χ0n) is 11.1. The van der Waals surface area contributed by atoms with Gasteiger partial charge in [0.2, 0.25) is 0 Å². The van der Waals surface area contributed by atoms with Crippen molar-refractivity contribution in [3.63, 3.8) is 0 Å². The number of piperazine rings is 1. The van der Waals surface area contributed by atoms with Gasteiger partial charge in [-0.15, -0.1) is 24.8 Å².